The number of alkyl halides is 3. The van der Waals surface area contributed by atoms with Crippen LogP contribution in [0.3, 0.4) is 0 Å². The normalized spacial score (nSPS) is 25.1. The zero-order chi connectivity index (χ0) is 44.1. The molecular weight excluding hydrogens is 801 g/mol. The quantitative estimate of drug-likeness (QED) is 0.242. The van der Waals surface area contributed by atoms with Crippen molar-refractivity contribution in [1.29, 1.82) is 0 Å². The number of halogens is 5. The fourth-order valence-electron chi connectivity index (χ4n) is 7.72. The lowest BCUT2D eigenvalue weighted by atomic mass is 9.99. The largest absolute Gasteiger partial charge is 0.458 e. The molecule has 0 aromatic heterocycles. The highest BCUT2D eigenvalue weighted by Gasteiger charge is 2.46. The molecule has 0 radical (unpaired) electrons. The van der Waals surface area contributed by atoms with E-state index in [4.69, 9.17) is 4.74 Å². The van der Waals surface area contributed by atoms with Crippen molar-refractivity contribution in [1.82, 2.24) is 30.7 Å². The van der Waals surface area contributed by atoms with Crippen LogP contribution in [-0.4, -0.2) is 118 Å². The van der Waals surface area contributed by atoms with E-state index in [1.165, 1.54) is 30.6 Å². The molecule has 15 nitrogen and oxygen atoms in total. The van der Waals surface area contributed by atoms with E-state index in [1.807, 2.05) is 0 Å². The van der Waals surface area contributed by atoms with Crippen LogP contribution >= 0.6 is 0 Å². The highest BCUT2D eigenvalue weighted by molar-refractivity contribution is 5.98. The summed E-state index contributed by atoms with van der Waals surface area (Å²) >= 11 is 0. The van der Waals surface area contributed by atoms with Crippen LogP contribution in [0.15, 0.2) is 42.5 Å². The van der Waals surface area contributed by atoms with E-state index in [2.05, 4.69) is 21.3 Å². The number of urea groups is 1. The van der Waals surface area contributed by atoms with Gasteiger partial charge in [0.2, 0.25) is 29.5 Å². The number of rotatable bonds is 7. The average Bonchev–Trinajstić information content (AvgIpc) is 3.68. The number of likely N-dealkylation sites (N-methyl/N-ethyl adjacent to an activating group) is 1. The minimum Gasteiger partial charge on any atom is -0.458 e. The Labute approximate surface area is 342 Å². The number of esters is 1. The van der Waals surface area contributed by atoms with Crippen molar-refractivity contribution in [2.75, 3.05) is 25.0 Å². The Bertz CT molecular complexity index is 1950. The first kappa shape index (κ1) is 45.3. The molecule has 3 fully saturated rings. The molecule has 3 heterocycles. The number of nitrogens with zero attached hydrogens (tertiary/aromatic N) is 3. The van der Waals surface area contributed by atoms with Crippen LogP contribution in [0.5, 0.6) is 0 Å². The second kappa shape index (κ2) is 19.1. The molecule has 3 aliphatic rings. The standard InChI is InChI=1S/C40H48F5N7O8/c1-5-50-22(3)38(58)60-23(4)32(37(57)52-16-8-10-31(52)36(56)51-15-7-6-9-30(51)34(54)46-21(2)35(50)55)49-33(53)29(19-24-17-26(41)20-27(42)18-24)48-39(59)47-28-13-11-25(12-14-28)40(43,44)45/h11-14,17-18,20-23,29-32H,5-10,15-16,19H2,1-4H3,(H,46,54)(H,49,53)(H2,47,48,59). The summed E-state index contributed by atoms with van der Waals surface area (Å²) in [6, 6.07) is -3.21. The van der Waals surface area contributed by atoms with Crippen LogP contribution in [-0.2, 0) is 46.1 Å². The number of carbonyl (C=O) groups excluding carboxylic acids is 7. The van der Waals surface area contributed by atoms with Crippen molar-refractivity contribution in [2.45, 2.75) is 115 Å². The highest BCUT2D eigenvalue weighted by atomic mass is 19.4. The van der Waals surface area contributed by atoms with Gasteiger partial charge in [0.25, 0.3) is 0 Å². The maximum absolute atomic E-state index is 14.6. The molecule has 7 amide bonds. The Hall–Kier alpha value is -5.82. The molecule has 7 unspecified atom stereocenters. The van der Waals surface area contributed by atoms with Gasteiger partial charge in [-0.15, -0.1) is 0 Å². The lowest BCUT2D eigenvalue weighted by molar-refractivity contribution is -0.163. The van der Waals surface area contributed by atoms with Crippen molar-refractivity contribution in [3.05, 3.63) is 65.2 Å². The van der Waals surface area contributed by atoms with Crippen molar-refractivity contribution in [2.24, 2.45) is 0 Å². The molecule has 2 aromatic rings. The van der Waals surface area contributed by atoms with Gasteiger partial charge in [0, 0.05) is 37.8 Å². The molecule has 4 N–H and O–H groups in total. The molecule has 0 spiro atoms. The molecular formula is C40H48F5N7O8. The van der Waals surface area contributed by atoms with Gasteiger partial charge in [0.05, 0.1) is 5.56 Å². The third kappa shape index (κ3) is 10.7. The van der Waals surface area contributed by atoms with E-state index in [0.29, 0.717) is 43.9 Å². The second-order valence-electron chi connectivity index (χ2n) is 15.1. The minimum atomic E-state index is -4.66. The number of piperidine rings is 1. The highest BCUT2D eigenvalue weighted by Crippen LogP contribution is 2.30. The van der Waals surface area contributed by atoms with E-state index < -0.39 is 114 Å². The smallest absolute Gasteiger partial charge is 0.416 e. The van der Waals surface area contributed by atoms with Crippen LogP contribution in [0.4, 0.5) is 32.4 Å². The first-order valence-electron chi connectivity index (χ1n) is 19.7. The molecule has 7 atom stereocenters. The number of fused-ring (bicyclic) bond motifs is 2. The number of amides is 7. The SMILES string of the molecule is CCN1C(=O)C(C)NC(=O)C2CCCCN2C(=O)C2CCCN2C(=O)C(NC(=O)C(Cc2cc(F)cc(F)c2)NC(=O)Nc2ccc(C(F)(F)F)cc2)C(C)OC(=O)C1C. The van der Waals surface area contributed by atoms with Gasteiger partial charge in [-0.25, -0.2) is 18.4 Å². The van der Waals surface area contributed by atoms with Gasteiger partial charge in [-0.2, -0.15) is 13.2 Å². The Morgan fingerprint density at radius 3 is 2.10 bits per heavy atom. The van der Waals surface area contributed by atoms with Crippen LogP contribution in [0.25, 0.3) is 0 Å². The zero-order valence-electron chi connectivity index (χ0n) is 33.4. The molecule has 0 bridgehead atoms. The first-order chi connectivity index (χ1) is 28.3. The predicted octanol–water partition coefficient (Wildman–Crippen LogP) is 3.26. The van der Waals surface area contributed by atoms with Gasteiger partial charge in [-0.1, -0.05) is 0 Å². The Morgan fingerprint density at radius 1 is 0.850 bits per heavy atom. The maximum atomic E-state index is 14.6. The number of benzene rings is 2. The van der Waals surface area contributed by atoms with Gasteiger partial charge >= 0.3 is 18.2 Å². The van der Waals surface area contributed by atoms with E-state index >= 15 is 0 Å². The molecule has 3 aliphatic heterocycles. The molecule has 326 valence electrons. The monoisotopic (exact) mass is 849 g/mol. The number of ether oxygens (including phenoxy) is 1. The van der Waals surface area contributed by atoms with Gasteiger partial charge in [0.1, 0.15) is 54.0 Å². The number of hydrogen-bond donors (Lipinski definition) is 4. The molecule has 3 saturated heterocycles. The van der Waals surface area contributed by atoms with Gasteiger partial charge < -0.3 is 40.7 Å². The number of cyclic esters (lactones) is 1. The molecule has 0 saturated carbocycles. The summed E-state index contributed by atoms with van der Waals surface area (Å²) < 4.78 is 73.7. The predicted molar refractivity (Wildman–Crippen MR) is 203 cm³/mol. The van der Waals surface area contributed by atoms with Gasteiger partial charge in [-0.05, 0) is 102 Å². The molecule has 20 heteroatoms. The first-order valence-corrected chi connectivity index (χ1v) is 19.7. The van der Waals surface area contributed by atoms with E-state index in [0.717, 1.165) is 29.2 Å². The van der Waals surface area contributed by atoms with Gasteiger partial charge in [-0.3, -0.25) is 24.0 Å². The van der Waals surface area contributed by atoms with E-state index in [1.54, 1.807) is 6.92 Å². The molecule has 0 aliphatic carbocycles. The Balaban J connectivity index is 1.49. The lowest BCUT2D eigenvalue weighted by Gasteiger charge is -2.40. The number of anilines is 1. The maximum Gasteiger partial charge on any atom is 0.416 e. The Kier molecular flexibility index (Phi) is 14.4. The third-order valence-electron chi connectivity index (χ3n) is 10.9. The van der Waals surface area contributed by atoms with Crippen LogP contribution in [0.1, 0.15) is 70.9 Å². The molecule has 2 aromatic carbocycles. The number of nitrogens with one attached hydrogen (secondary N) is 4. The summed E-state index contributed by atoms with van der Waals surface area (Å²) in [7, 11) is 0. The van der Waals surface area contributed by atoms with E-state index in [9.17, 15) is 55.5 Å². The fourth-order valence-corrected chi connectivity index (χ4v) is 7.72. The van der Waals surface area contributed by atoms with Crippen molar-refractivity contribution in [3.8, 4) is 0 Å². The topological polar surface area (TPSA) is 187 Å². The van der Waals surface area contributed by atoms with Crippen molar-refractivity contribution >= 4 is 47.2 Å². The zero-order valence-corrected chi connectivity index (χ0v) is 33.4. The minimum absolute atomic E-state index is 0.00877. The molecule has 5 rings (SSSR count). The summed E-state index contributed by atoms with van der Waals surface area (Å²) in [5.41, 5.74) is -1.20. The summed E-state index contributed by atoms with van der Waals surface area (Å²) in [6.07, 6.45) is -4.66. The van der Waals surface area contributed by atoms with Crippen molar-refractivity contribution in [3.63, 3.8) is 0 Å². The van der Waals surface area contributed by atoms with Crippen LogP contribution in [0, 0.1) is 11.6 Å². The summed E-state index contributed by atoms with van der Waals surface area (Å²) in [6.45, 7) is 5.99. The molecule has 60 heavy (non-hydrogen) atoms. The Morgan fingerprint density at radius 2 is 1.47 bits per heavy atom. The number of carbonyl (C=O) groups is 7. The second-order valence-corrected chi connectivity index (χ2v) is 15.1. The summed E-state index contributed by atoms with van der Waals surface area (Å²) in [5.74, 6) is -6.69. The fraction of sp³-hybridized carbons (Fsp3) is 0.525. The van der Waals surface area contributed by atoms with Crippen LogP contribution < -0.4 is 21.3 Å². The third-order valence-corrected chi connectivity index (χ3v) is 10.9. The van der Waals surface area contributed by atoms with Gasteiger partial charge in [0.15, 0.2) is 0 Å². The number of hydrogen-bond acceptors (Lipinski definition) is 8. The van der Waals surface area contributed by atoms with E-state index in [-0.39, 0.29) is 37.3 Å². The van der Waals surface area contributed by atoms with Crippen molar-refractivity contribution < 1.29 is 60.3 Å². The average molecular weight is 850 g/mol. The summed E-state index contributed by atoms with van der Waals surface area (Å²) in [4.78, 5) is 101. The summed E-state index contributed by atoms with van der Waals surface area (Å²) in [5, 5.41) is 9.82. The van der Waals surface area contributed by atoms with Crippen LogP contribution in [0.2, 0.25) is 0 Å². The lowest BCUT2D eigenvalue weighted by Crippen LogP contribution is -2.63.